The summed E-state index contributed by atoms with van der Waals surface area (Å²) < 4.78 is 1.74. The monoisotopic (exact) mass is 207 g/mol. The van der Waals surface area contributed by atoms with Crippen molar-refractivity contribution in [2.24, 2.45) is 7.05 Å². The fraction of sp³-hybridized carbons (Fsp3) is 0.200. The van der Waals surface area contributed by atoms with E-state index >= 15 is 0 Å². The molecule has 0 amide bonds. The van der Waals surface area contributed by atoms with Gasteiger partial charge in [-0.3, -0.25) is 9.67 Å². The Hall–Kier alpha value is -1.35. The fourth-order valence-electron chi connectivity index (χ4n) is 1.30. The van der Waals surface area contributed by atoms with E-state index in [4.69, 9.17) is 11.6 Å². The van der Waals surface area contributed by atoms with E-state index in [2.05, 4.69) is 10.1 Å². The molecule has 0 aliphatic heterocycles. The highest BCUT2D eigenvalue weighted by Crippen LogP contribution is 2.26. The summed E-state index contributed by atoms with van der Waals surface area (Å²) in [6.45, 7) is 1.92. The van der Waals surface area contributed by atoms with Crippen LogP contribution in [0.4, 0.5) is 0 Å². The number of aryl methyl sites for hydroxylation is 2. The van der Waals surface area contributed by atoms with E-state index in [0.717, 1.165) is 16.8 Å². The van der Waals surface area contributed by atoms with Gasteiger partial charge in [-0.1, -0.05) is 11.6 Å². The number of hydrogen-bond acceptors (Lipinski definition) is 2. The molecule has 2 rings (SSSR count). The first-order valence-corrected chi connectivity index (χ1v) is 4.66. The smallest absolute Gasteiger partial charge is 0.0569 e. The third kappa shape index (κ3) is 1.63. The minimum Gasteiger partial charge on any atom is -0.275 e. The van der Waals surface area contributed by atoms with Gasteiger partial charge in [-0.15, -0.1) is 0 Å². The van der Waals surface area contributed by atoms with Crippen LogP contribution in [-0.4, -0.2) is 14.8 Å². The van der Waals surface area contributed by atoms with E-state index in [0.29, 0.717) is 5.02 Å². The highest BCUT2D eigenvalue weighted by molar-refractivity contribution is 6.33. The number of nitrogens with zero attached hydrogens (tertiary/aromatic N) is 3. The van der Waals surface area contributed by atoms with E-state index in [-0.39, 0.29) is 0 Å². The zero-order valence-corrected chi connectivity index (χ0v) is 8.78. The van der Waals surface area contributed by atoms with Crippen molar-refractivity contribution in [2.45, 2.75) is 6.92 Å². The van der Waals surface area contributed by atoms with Gasteiger partial charge in [-0.05, 0) is 13.0 Å². The Morgan fingerprint density at radius 3 is 2.71 bits per heavy atom. The molecule has 0 aromatic carbocycles. The van der Waals surface area contributed by atoms with Gasteiger partial charge in [0.15, 0.2) is 0 Å². The van der Waals surface area contributed by atoms with E-state index in [1.54, 1.807) is 17.1 Å². The second-order valence-electron chi connectivity index (χ2n) is 3.21. The fourth-order valence-corrected chi connectivity index (χ4v) is 1.61. The summed E-state index contributed by atoms with van der Waals surface area (Å²) in [7, 11) is 1.87. The molecule has 0 unspecified atom stereocenters. The van der Waals surface area contributed by atoms with Gasteiger partial charge in [0.2, 0.25) is 0 Å². The molecule has 0 saturated heterocycles. The molecule has 3 nitrogen and oxygen atoms in total. The molecule has 0 atom stereocenters. The molecule has 4 heteroatoms. The third-order valence-corrected chi connectivity index (χ3v) is 2.32. The summed E-state index contributed by atoms with van der Waals surface area (Å²) in [4.78, 5) is 4.20. The normalized spacial score (nSPS) is 10.5. The molecule has 0 aliphatic rings. The van der Waals surface area contributed by atoms with E-state index < -0.39 is 0 Å². The minimum atomic E-state index is 0.713. The van der Waals surface area contributed by atoms with Crippen molar-refractivity contribution < 1.29 is 0 Å². The van der Waals surface area contributed by atoms with Gasteiger partial charge in [0.1, 0.15) is 0 Å². The molecule has 72 valence electrons. The van der Waals surface area contributed by atoms with Crippen LogP contribution in [-0.2, 0) is 7.05 Å². The van der Waals surface area contributed by atoms with Crippen LogP contribution in [0.1, 0.15) is 5.69 Å². The summed E-state index contributed by atoms with van der Waals surface area (Å²) in [5.41, 5.74) is 2.83. The Morgan fingerprint density at radius 2 is 2.14 bits per heavy atom. The third-order valence-electron chi connectivity index (χ3n) is 2.01. The Balaban J connectivity index is 2.52. The van der Waals surface area contributed by atoms with Crippen molar-refractivity contribution in [3.05, 3.63) is 35.4 Å². The quantitative estimate of drug-likeness (QED) is 0.719. The van der Waals surface area contributed by atoms with Crippen LogP contribution in [0.25, 0.3) is 11.1 Å². The summed E-state index contributed by atoms with van der Waals surface area (Å²) in [5, 5.41) is 4.80. The molecule has 2 aromatic heterocycles. The molecule has 14 heavy (non-hydrogen) atoms. The van der Waals surface area contributed by atoms with E-state index in [1.807, 2.05) is 26.2 Å². The molecule has 2 heterocycles. The summed E-state index contributed by atoms with van der Waals surface area (Å²) in [5.74, 6) is 0. The van der Waals surface area contributed by atoms with Gasteiger partial charge in [0.25, 0.3) is 0 Å². The van der Waals surface area contributed by atoms with E-state index in [1.165, 1.54) is 0 Å². The maximum absolute atomic E-state index is 6.10. The number of hydrogen-bond donors (Lipinski definition) is 0. The maximum Gasteiger partial charge on any atom is 0.0569 e. The van der Waals surface area contributed by atoms with Crippen LogP contribution in [0, 0.1) is 6.92 Å². The topological polar surface area (TPSA) is 30.7 Å². The number of pyridine rings is 1. The number of halogens is 1. The van der Waals surface area contributed by atoms with Crippen molar-refractivity contribution in [1.29, 1.82) is 0 Å². The predicted octanol–water partition coefficient (Wildman–Crippen LogP) is 2.44. The first kappa shape index (κ1) is 9.21. The van der Waals surface area contributed by atoms with Crippen molar-refractivity contribution in [2.75, 3.05) is 0 Å². The van der Waals surface area contributed by atoms with Gasteiger partial charge >= 0.3 is 0 Å². The van der Waals surface area contributed by atoms with Gasteiger partial charge in [-0.25, -0.2) is 0 Å². The van der Waals surface area contributed by atoms with Crippen LogP contribution in [0.3, 0.4) is 0 Å². The Morgan fingerprint density at radius 1 is 1.36 bits per heavy atom. The molecule has 2 aromatic rings. The van der Waals surface area contributed by atoms with Crippen LogP contribution < -0.4 is 0 Å². The van der Waals surface area contributed by atoms with Gasteiger partial charge < -0.3 is 0 Å². The lowest BCUT2D eigenvalue weighted by Gasteiger charge is -2.00. The molecule has 0 radical (unpaired) electrons. The van der Waals surface area contributed by atoms with E-state index in [9.17, 15) is 0 Å². The van der Waals surface area contributed by atoms with Gasteiger partial charge in [-0.2, -0.15) is 5.10 Å². The zero-order chi connectivity index (χ0) is 10.1. The van der Waals surface area contributed by atoms with Gasteiger partial charge in [0.05, 0.1) is 11.2 Å². The molecular weight excluding hydrogens is 198 g/mol. The average Bonchev–Trinajstić information content (AvgIpc) is 2.51. The van der Waals surface area contributed by atoms with Crippen LogP contribution in [0.2, 0.25) is 5.02 Å². The lowest BCUT2D eigenvalue weighted by molar-refractivity contribution is 0.768. The van der Waals surface area contributed by atoms with Crippen molar-refractivity contribution in [1.82, 2.24) is 14.8 Å². The van der Waals surface area contributed by atoms with Crippen LogP contribution in [0.5, 0.6) is 0 Å². The molecule has 0 saturated carbocycles. The SMILES string of the molecule is Cc1cc(Cl)c(-c2cnn(C)c2)cn1. The lowest BCUT2D eigenvalue weighted by Crippen LogP contribution is -1.85. The Kier molecular flexibility index (Phi) is 2.25. The van der Waals surface area contributed by atoms with Gasteiger partial charge in [0, 0.05) is 36.3 Å². The molecule has 0 fully saturated rings. The Bertz CT molecular complexity index is 462. The van der Waals surface area contributed by atoms with Crippen molar-refractivity contribution in [3.63, 3.8) is 0 Å². The molecule has 0 aliphatic carbocycles. The highest BCUT2D eigenvalue weighted by Gasteiger charge is 2.05. The molecule has 0 N–H and O–H groups in total. The molecular formula is C10H10ClN3. The molecule has 0 bridgehead atoms. The highest BCUT2D eigenvalue weighted by atomic mass is 35.5. The van der Waals surface area contributed by atoms with Crippen molar-refractivity contribution in [3.8, 4) is 11.1 Å². The first-order valence-electron chi connectivity index (χ1n) is 4.28. The summed E-state index contributed by atoms with van der Waals surface area (Å²) in [6, 6.07) is 1.85. The standard InChI is InChI=1S/C10H10ClN3/c1-7-3-10(11)9(5-12-7)8-4-13-14(2)6-8/h3-6H,1-2H3. The number of aromatic nitrogens is 3. The lowest BCUT2D eigenvalue weighted by atomic mass is 10.1. The van der Waals surface area contributed by atoms with Crippen LogP contribution in [0.15, 0.2) is 24.7 Å². The second kappa shape index (κ2) is 3.42. The Labute approximate surface area is 87.3 Å². The second-order valence-corrected chi connectivity index (χ2v) is 3.62. The largest absolute Gasteiger partial charge is 0.275 e. The predicted molar refractivity (Wildman–Crippen MR) is 56.2 cm³/mol. The zero-order valence-electron chi connectivity index (χ0n) is 8.03. The minimum absolute atomic E-state index is 0.713. The number of rotatable bonds is 1. The summed E-state index contributed by atoms with van der Waals surface area (Å²) >= 11 is 6.10. The summed E-state index contributed by atoms with van der Waals surface area (Å²) in [6.07, 6.45) is 5.46. The first-order chi connectivity index (χ1) is 6.66. The van der Waals surface area contributed by atoms with Crippen LogP contribution >= 0.6 is 11.6 Å². The average molecular weight is 208 g/mol. The maximum atomic E-state index is 6.10. The van der Waals surface area contributed by atoms with Crippen molar-refractivity contribution >= 4 is 11.6 Å². The molecule has 0 spiro atoms.